The molecule has 7 rings (SSSR count). The first-order valence-electron chi connectivity index (χ1n) is 17.3. The van der Waals surface area contributed by atoms with E-state index in [0.29, 0.717) is 68.1 Å². The summed E-state index contributed by atoms with van der Waals surface area (Å²) in [5.41, 5.74) is 1.82. The highest BCUT2D eigenvalue weighted by Crippen LogP contribution is 2.54. The number of aryl methyl sites for hydroxylation is 1. The van der Waals surface area contributed by atoms with Gasteiger partial charge in [-0.1, -0.05) is 17.7 Å². The number of piperazine rings is 1. The lowest BCUT2D eigenvalue weighted by molar-refractivity contribution is -0.883. The van der Waals surface area contributed by atoms with Crippen molar-refractivity contribution in [1.29, 1.82) is 0 Å². The van der Waals surface area contributed by atoms with Gasteiger partial charge in [0.2, 0.25) is 5.91 Å². The Bertz CT molecular complexity index is 2060. The third-order valence-electron chi connectivity index (χ3n) is 10.7. The molecular formula is C37H42ClF2N8O4+. The van der Waals surface area contributed by atoms with Crippen LogP contribution >= 0.6 is 11.6 Å². The number of carbonyl (C=O) groups is 3. The third-order valence-corrected chi connectivity index (χ3v) is 11.0. The summed E-state index contributed by atoms with van der Waals surface area (Å²) < 4.78 is 40.0. The van der Waals surface area contributed by atoms with Crippen molar-refractivity contribution in [3.8, 4) is 22.4 Å². The van der Waals surface area contributed by atoms with Crippen LogP contribution in [-0.4, -0.2) is 118 Å². The number of imidazole rings is 1. The Labute approximate surface area is 305 Å². The molecule has 2 aromatic heterocycles. The maximum Gasteiger partial charge on any atom is 0.291 e. The Kier molecular flexibility index (Phi) is 9.42. The minimum absolute atomic E-state index is 0.0459. The van der Waals surface area contributed by atoms with E-state index in [1.54, 1.807) is 41.9 Å². The van der Waals surface area contributed by atoms with Crippen molar-refractivity contribution in [1.82, 2.24) is 29.1 Å². The molecule has 15 heteroatoms. The molecule has 2 saturated heterocycles. The first kappa shape index (κ1) is 35.7. The molecular weight excluding hydrogens is 694 g/mol. The van der Waals surface area contributed by atoms with Gasteiger partial charge in [-0.3, -0.25) is 19.1 Å². The molecule has 4 aromatic rings. The van der Waals surface area contributed by atoms with E-state index >= 15 is 8.78 Å². The molecule has 2 aliphatic heterocycles. The number of benzene rings is 2. The number of ether oxygens (including phenoxy) is 1. The normalized spacial score (nSPS) is 20.6. The predicted octanol–water partition coefficient (Wildman–Crippen LogP) is 4.33. The number of methoxy groups -OCH3 is 1. The SMILES string of the molecule is COCCn1cc(-c2ccc(-c3cnc(C(=O)Nc4ccc(C(=O)N5CCN(C(=O)C6[C@H]7C[N+](C)(C)C[C@@H]67)CC5)c(Cl)c4)n3C)c(F)c2F)c(C)n1. The topological polar surface area (TPSA) is 115 Å². The average Bonchev–Trinajstić information content (AvgIpc) is 3.36. The number of piperidine rings is 1. The van der Waals surface area contributed by atoms with Crippen molar-refractivity contribution in [2.75, 3.05) is 72.4 Å². The molecule has 12 nitrogen and oxygen atoms in total. The molecule has 1 saturated carbocycles. The van der Waals surface area contributed by atoms with Crippen LogP contribution in [0.1, 0.15) is 26.7 Å². The van der Waals surface area contributed by atoms with Crippen molar-refractivity contribution >= 4 is 35.0 Å². The summed E-state index contributed by atoms with van der Waals surface area (Å²) in [7, 11) is 7.52. The molecule has 3 aliphatic rings. The maximum absolute atomic E-state index is 15.5. The number of anilines is 1. The molecule has 274 valence electrons. The van der Waals surface area contributed by atoms with Gasteiger partial charge in [0.05, 0.1) is 74.4 Å². The molecule has 1 aliphatic carbocycles. The van der Waals surface area contributed by atoms with Gasteiger partial charge in [0.15, 0.2) is 17.5 Å². The Balaban J connectivity index is 0.980. The molecule has 3 fully saturated rings. The summed E-state index contributed by atoms with van der Waals surface area (Å²) in [6.07, 6.45) is 2.95. The van der Waals surface area contributed by atoms with E-state index in [0.717, 1.165) is 17.6 Å². The van der Waals surface area contributed by atoms with E-state index < -0.39 is 17.5 Å². The van der Waals surface area contributed by atoms with Gasteiger partial charge < -0.3 is 28.9 Å². The summed E-state index contributed by atoms with van der Waals surface area (Å²) in [4.78, 5) is 47.6. The van der Waals surface area contributed by atoms with Crippen molar-refractivity contribution in [3.05, 3.63) is 76.5 Å². The van der Waals surface area contributed by atoms with Crippen LogP contribution in [-0.2, 0) is 23.1 Å². The Morgan fingerprint density at radius 1 is 0.981 bits per heavy atom. The van der Waals surface area contributed by atoms with Gasteiger partial charge in [-0.05, 0) is 31.2 Å². The number of hydrogen-bond donors (Lipinski definition) is 1. The number of likely N-dealkylation sites (tertiary alicyclic amines) is 1. The molecule has 4 heterocycles. The monoisotopic (exact) mass is 735 g/mol. The summed E-state index contributed by atoms with van der Waals surface area (Å²) >= 11 is 6.54. The standard InChI is InChI=1S/C37H41ClF2N8O4/c1-21-26(18-47(43-21)14-15-52-5)23-8-9-25(33(40)32(23)39)30-17-41-34(44(30)2)35(49)42-22-6-7-24(29(38)16-22)36(50)45-10-12-46(13-11-45)37(51)31-27-19-48(3,4)20-28(27)31/h6-9,16-18,27-28,31H,10-15,19-20H2,1-5H3/p+1/t27-,28+,31?. The van der Waals surface area contributed by atoms with Gasteiger partial charge in [-0.2, -0.15) is 5.10 Å². The third kappa shape index (κ3) is 6.59. The molecule has 0 spiro atoms. The van der Waals surface area contributed by atoms with Gasteiger partial charge in [0.1, 0.15) is 0 Å². The lowest BCUT2D eigenvalue weighted by Crippen LogP contribution is -2.52. The van der Waals surface area contributed by atoms with Gasteiger partial charge in [-0.15, -0.1) is 0 Å². The molecule has 3 amide bonds. The molecule has 2 aromatic carbocycles. The highest BCUT2D eigenvalue weighted by molar-refractivity contribution is 6.34. The Morgan fingerprint density at radius 3 is 2.31 bits per heavy atom. The summed E-state index contributed by atoms with van der Waals surface area (Å²) in [6, 6.07) is 7.53. The Morgan fingerprint density at radius 2 is 1.63 bits per heavy atom. The number of quaternary nitrogens is 1. The maximum atomic E-state index is 15.5. The molecule has 52 heavy (non-hydrogen) atoms. The predicted molar refractivity (Wildman–Crippen MR) is 191 cm³/mol. The lowest BCUT2D eigenvalue weighted by Gasteiger charge is -2.36. The fourth-order valence-electron chi connectivity index (χ4n) is 7.90. The zero-order valence-electron chi connectivity index (χ0n) is 29.8. The van der Waals surface area contributed by atoms with Crippen molar-refractivity contribution in [2.45, 2.75) is 13.5 Å². The van der Waals surface area contributed by atoms with Crippen LogP contribution in [0.25, 0.3) is 22.4 Å². The second kappa shape index (κ2) is 13.7. The molecule has 0 radical (unpaired) electrons. The number of amides is 3. The fourth-order valence-corrected chi connectivity index (χ4v) is 8.16. The number of aromatic nitrogens is 4. The quantitative estimate of drug-likeness (QED) is 0.256. The number of nitrogens with zero attached hydrogens (tertiary/aromatic N) is 7. The summed E-state index contributed by atoms with van der Waals surface area (Å²) in [5.74, 6) is -1.73. The average molecular weight is 736 g/mol. The highest BCUT2D eigenvalue weighted by atomic mass is 35.5. The number of carbonyl (C=O) groups excluding carboxylic acids is 3. The highest BCUT2D eigenvalue weighted by Gasteiger charge is 2.64. The van der Waals surface area contributed by atoms with E-state index in [2.05, 4.69) is 29.5 Å². The molecule has 0 bridgehead atoms. The van der Waals surface area contributed by atoms with Gasteiger partial charge >= 0.3 is 0 Å². The van der Waals surface area contributed by atoms with Gasteiger partial charge in [0, 0.05) is 80.7 Å². The second-order valence-electron chi connectivity index (χ2n) is 14.6. The minimum Gasteiger partial charge on any atom is -0.383 e. The number of fused-ring (bicyclic) bond motifs is 1. The van der Waals surface area contributed by atoms with E-state index in [1.165, 1.54) is 36.0 Å². The second-order valence-corrected chi connectivity index (χ2v) is 15.0. The van der Waals surface area contributed by atoms with Crippen molar-refractivity contribution in [3.63, 3.8) is 0 Å². The van der Waals surface area contributed by atoms with E-state index in [9.17, 15) is 14.4 Å². The minimum atomic E-state index is -1.08. The van der Waals surface area contributed by atoms with Crippen LogP contribution in [0.2, 0.25) is 5.02 Å². The molecule has 1 unspecified atom stereocenters. The van der Waals surface area contributed by atoms with Crippen LogP contribution in [0.4, 0.5) is 14.5 Å². The number of hydrogen-bond acceptors (Lipinski definition) is 6. The van der Waals surface area contributed by atoms with E-state index in [1.807, 2.05) is 4.90 Å². The molecule has 3 atom stereocenters. The van der Waals surface area contributed by atoms with Crippen LogP contribution < -0.4 is 5.32 Å². The van der Waals surface area contributed by atoms with E-state index in [-0.39, 0.29) is 51.0 Å². The van der Waals surface area contributed by atoms with Gasteiger partial charge in [-0.25, -0.2) is 13.8 Å². The zero-order valence-corrected chi connectivity index (χ0v) is 30.6. The zero-order chi connectivity index (χ0) is 37.1. The van der Waals surface area contributed by atoms with Crippen LogP contribution in [0.3, 0.4) is 0 Å². The fraction of sp³-hybridized carbons (Fsp3) is 0.432. The van der Waals surface area contributed by atoms with Crippen LogP contribution in [0.15, 0.2) is 42.7 Å². The first-order chi connectivity index (χ1) is 24.8. The van der Waals surface area contributed by atoms with E-state index in [4.69, 9.17) is 16.3 Å². The smallest absolute Gasteiger partial charge is 0.291 e. The first-order valence-corrected chi connectivity index (χ1v) is 17.7. The Hall–Kier alpha value is -4.66. The van der Waals surface area contributed by atoms with Crippen LogP contribution in [0, 0.1) is 36.3 Å². The molecule has 1 N–H and O–H groups in total. The summed E-state index contributed by atoms with van der Waals surface area (Å²) in [6.45, 7) is 6.49. The number of halogens is 3. The lowest BCUT2D eigenvalue weighted by atomic mass is 10.0. The number of rotatable bonds is 9. The number of nitrogens with one attached hydrogen (secondary N) is 1. The van der Waals surface area contributed by atoms with Gasteiger partial charge in [0.25, 0.3) is 11.8 Å². The largest absolute Gasteiger partial charge is 0.383 e. The van der Waals surface area contributed by atoms with Crippen LogP contribution in [0.5, 0.6) is 0 Å². The van der Waals surface area contributed by atoms with Crippen molar-refractivity contribution < 1.29 is 32.4 Å². The van der Waals surface area contributed by atoms with Crippen molar-refractivity contribution in [2.24, 2.45) is 24.8 Å². The summed E-state index contributed by atoms with van der Waals surface area (Å²) in [5, 5.41) is 7.24.